The second-order valence-corrected chi connectivity index (χ2v) is 2.45. The summed E-state index contributed by atoms with van der Waals surface area (Å²) in [4.78, 5) is 0. The van der Waals surface area contributed by atoms with E-state index in [1.807, 2.05) is 30.3 Å². The summed E-state index contributed by atoms with van der Waals surface area (Å²) in [5, 5.41) is 10.1. The fourth-order valence-electron chi connectivity index (χ4n) is 1.12. The molecule has 0 aromatic heterocycles. The first kappa shape index (κ1) is 6.43. The third kappa shape index (κ3) is 1.12. The highest BCUT2D eigenvalue weighted by Crippen LogP contribution is 2.18. The molecule has 0 spiro atoms. The fraction of sp³-hybridized carbons (Fsp3) is 0. The zero-order chi connectivity index (χ0) is 7.68. The topological polar surface area (TPSA) is 23.5 Å². The van der Waals surface area contributed by atoms with Crippen LogP contribution in [0.1, 0.15) is 11.1 Å². The van der Waals surface area contributed by atoms with Crippen LogP contribution in [0.15, 0.2) is 30.5 Å². The molecule has 1 aliphatic rings. The van der Waals surface area contributed by atoms with E-state index in [4.69, 9.17) is 5.21 Å². The van der Waals surface area contributed by atoms with Crippen molar-refractivity contribution in [3.05, 3.63) is 48.1 Å². The number of rotatable bonds is 0. The third-order valence-electron chi connectivity index (χ3n) is 1.67. The van der Waals surface area contributed by atoms with E-state index in [-0.39, 0.29) is 0 Å². The fourth-order valence-corrected chi connectivity index (χ4v) is 1.12. The predicted molar refractivity (Wildman–Crippen MR) is 42.5 cm³/mol. The van der Waals surface area contributed by atoms with Gasteiger partial charge >= 0.3 is 0 Å². The van der Waals surface area contributed by atoms with Gasteiger partial charge in [-0.3, -0.25) is 10.3 Å². The van der Waals surface area contributed by atoms with Crippen molar-refractivity contribution in [2.24, 2.45) is 0 Å². The van der Waals surface area contributed by atoms with E-state index in [1.165, 1.54) is 0 Å². The molecule has 0 atom stereocenters. The Bertz CT molecular complexity index is 293. The van der Waals surface area contributed by atoms with E-state index in [9.17, 15) is 0 Å². The number of hydrogen-bond donors (Lipinski definition) is 1. The Kier molecular flexibility index (Phi) is 1.40. The molecule has 1 aromatic carbocycles. The van der Waals surface area contributed by atoms with Crippen LogP contribution in [0.25, 0.3) is 6.08 Å². The molecule has 1 aliphatic heterocycles. The maximum atomic E-state index is 9.05. The van der Waals surface area contributed by atoms with Gasteiger partial charge in [-0.1, -0.05) is 24.3 Å². The molecule has 2 rings (SSSR count). The van der Waals surface area contributed by atoms with E-state index in [2.05, 4.69) is 0 Å². The van der Waals surface area contributed by atoms with Crippen molar-refractivity contribution in [2.75, 3.05) is 0 Å². The molecular weight excluding hydrogens is 138 g/mol. The van der Waals surface area contributed by atoms with E-state index >= 15 is 0 Å². The third-order valence-corrected chi connectivity index (χ3v) is 1.67. The summed E-state index contributed by atoms with van der Waals surface area (Å²) in [6, 6.07) is 7.89. The molecule has 0 saturated carbocycles. The van der Waals surface area contributed by atoms with Crippen LogP contribution in [0.5, 0.6) is 0 Å². The second-order valence-electron chi connectivity index (χ2n) is 2.45. The SMILES string of the molecule is ON1[CH]c2ccccc2C=C1. The monoisotopic (exact) mass is 146 g/mol. The zero-order valence-corrected chi connectivity index (χ0v) is 5.94. The number of hydrogen-bond acceptors (Lipinski definition) is 2. The normalized spacial score (nSPS) is 14.8. The van der Waals surface area contributed by atoms with Gasteiger partial charge in [-0.15, -0.1) is 0 Å². The van der Waals surface area contributed by atoms with Crippen molar-refractivity contribution < 1.29 is 5.21 Å². The summed E-state index contributed by atoms with van der Waals surface area (Å²) in [5.74, 6) is 0. The minimum Gasteiger partial charge on any atom is -0.288 e. The van der Waals surface area contributed by atoms with Crippen molar-refractivity contribution in [3.8, 4) is 0 Å². The van der Waals surface area contributed by atoms with Crippen LogP contribution in [-0.4, -0.2) is 10.3 Å². The second kappa shape index (κ2) is 2.40. The van der Waals surface area contributed by atoms with Crippen LogP contribution in [0.2, 0.25) is 0 Å². The first-order valence-corrected chi connectivity index (χ1v) is 3.45. The van der Waals surface area contributed by atoms with Crippen LogP contribution >= 0.6 is 0 Å². The van der Waals surface area contributed by atoms with Gasteiger partial charge in [-0.05, 0) is 17.2 Å². The van der Waals surface area contributed by atoms with Gasteiger partial charge in [-0.2, -0.15) is 0 Å². The van der Waals surface area contributed by atoms with Gasteiger partial charge in [0.05, 0.1) is 0 Å². The summed E-state index contributed by atoms with van der Waals surface area (Å²) in [5.41, 5.74) is 2.18. The Morgan fingerprint density at radius 2 is 1.82 bits per heavy atom. The van der Waals surface area contributed by atoms with Gasteiger partial charge in [0.25, 0.3) is 0 Å². The number of hydroxylamine groups is 2. The van der Waals surface area contributed by atoms with Crippen LogP contribution in [0.4, 0.5) is 0 Å². The van der Waals surface area contributed by atoms with Crippen molar-refractivity contribution in [1.29, 1.82) is 0 Å². The zero-order valence-electron chi connectivity index (χ0n) is 5.94. The number of benzene rings is 1. The molecule has 2 nitrogen and oxygen atoms in total. The summed E-state index contributed by atoms with van der Waals surface area (Å²) in [7, 11) is 0. The number of fused-ring (bicyclic) bond motifs is 1. The minimum atomic E-state index is 1.04. The molecule has 0 bridgehead atoms. The molecule has 1 radical (unpaired) electrons. The van der Waals surface area contributed by atoms with Gasteiger partial charge in [-0.25, -0.2) is 0 Å². The van der Waals surface area contributed by atoms with E-state index < -0.39 is 0 Å². The lowest BCUT2D eigenvalue weighted by Gasteiger charge is -2.17. The Morgan fingerprint density at radius 3 is 2.64 bits per heavy atom. The molecule has 1 N–H and O–H groups in total. The van der Waals surface area contributed by atoms with Gasteiger partial charge in [0.1, 0.15) is 6.54 Å². The van der Waals surface area contributed by atoms with Crippen molar-refractivity contribution in [2.45, 2.75) is 0 Å². The summed E-state index contributed by atoms with van der Waals surface area (Å²) < 4.78 is 0. The smallest absolute Gasteiger partial charge is 0.108 e. The van der Waals surface area contributed by atoms with Crippen LogP contribution in [0.3, 0.4) is 0 Å². The van der Waals surface area contributed by atoms with E-state index in [0.717, 1.165) is 16.2 Å². The van der Waals surface area contributed by atoms with Gasteiger partial charge in [0.15, 0.2) is 0 Å². The standard InChI is InChI=1S/C9H8NO/c11-10-6-5-8-3-1-2-4-9(8)7-10/h1-7,11H. The molecule has 0 aliphatic carbocycles. The van der Waals surface area contributed by atoms with Crippen molar-refractivity contribution in [3.63, 3.8) is 0 Å². The highest BCUT2D eigenvalue weighted by Gasteiger charge is 2.06. The summed E-state index contributed by atoms with van der Waals surface area (Å²) >= 11 is 0. The Morgan fingerprint density at radius 1 is 1.09 bits per heavy atom. The highest BCUT2D eigenvalue weighted by molar-refractivity contribution is 5.57. The lowest BCUT2D eigenvalue weighted by Crippen LogP contribution is -2.12. The largest absolute Gasteiger partial charge is 0.288 e. The van der Waals surface area contributed by atoms with E-state index in [0.29, 0.717) is 0 Å². The molecule has 0 amide bonds. The maximum absolute atomic E-state index is 9.05. The average Bonchev–Trinajstić information content (AvgIpc) is 2.04. The predicted octanol–water partition coefficient (Wildman–Crippen LogP) is 1.87. The van der Waals surface area contributed by atoms with E-state index in [1.54, 1.807) is 12.7 Å². The molecule has 0 unspecified atom stereocenters. The summed E-state index contributed by atoms with van der Waals surface area (Å²) in [6.45, 7) is 1.68. The average molecular weight is 146 g/mol. The van der Waals surface area contributed by atoms with Gasteiger partial charge < -0.3 is 0 Å². The molecular formula is C9H8NO. The lowest BCUT2D eigenvalue weighted by molar-refractivity contribution is -0.00521. The summed E-state index contributed by atoms with van der Waals surface area (Å²) in [6.07, 6.45) is 3.48. The van der Waals surface area contributed by atoms with Gasteiger partial charge in [0.2, 0.25) is 0 Å². The lowest BCUT2D eigenvalue weighted by atomic mass is 10.1. The molecule has 11 heavy (non-hydrogen) atoms. The molecule has 1 heterocycles. The quantitative estimate of drug-likeness (QED) is 0.604. The number of nitrogens with zero attached hydrogens (tertiary/aromatic N) is 1. The minimum absolute atomic E-state index is 1.04. The Labute approximate surface area is 65.3 Å². The first-order valence-electron chi connectivity index (χ1n) is 3.45. The molecule has 0 saturated heterocycles. The molecule has 0 fully saturated rings. The Hall–Kier alpha value is -1.28. The maximum Gasteiger partial charge on any atom is 0.108 e. The Balaban J connectivity index is 2.46. The van der Waals surface area contributed by atoms with Gasteiger partial charge in [0, 0.05) is 6.20 Å². The van der Waals surface area contributed by atoms with Crippen LogP contribution in [0, 0.1) is 6.54 Å². The molecule has 55 valence electrons. The highest BCUT2D eigenvalue weighted by atomic mass is 16.5. The van der Waals surface area contributed by atoms with Crippen LogP contribution < -0.4 is 0 Å². The molecule has 2 heteroatoms. The molecule has 1 aromatic rings. The van der Waals surface area contributed by atoms with Crippen molar-refractivity contribution in [1.82, 2.24) is 5.06 Å². The first-order chi connectivity index (χ1) is 5.36. The van der Waals surface area contributed by atoms with Crippen molar-refractivity contribution >= 4 is 6.08 Å². The van der Waals surface area contributed by atoms with Crippen LogP contribution in [-0.2, 0) is 0 Å².